The second-order valence-electron chi connectivity index (χ2n) is 4.78. The Kier molecular flexibility index (Phi) is 3.86. The van der Waals surface area contributed by atoms with Crippen LogP contribution in [0.4, 0.5) is 5.69 Å². The lowest BCUT2D eigenvalue weighted by molar-refractivity contribution is -0.384. The summed E-state index contributed by atoms with van der Waals surface area (Å²) in [4.78, 5) is 12.7. The van der Waals surface area contributed by atoms with Crippen molar-refractivity contribution in [3.63, 3.8) is 0 Å². The number of nitro groups is 1. The molecule has 0 bridgehead atoms. The van der Waals surface area contributed by atoms with E-state index in [-0.39, 0.29) is 17.7 Å². The van der Waals surface area contributed by atoms with Gasteiger partial charge in [-0.3, -0.25) is 14.7 Å². The van der Waals surface area contributed by atoms with E-state index in [0.717, 1.165) is 12.1 Å². The van der Waals surface area contributed by atoms with Crippen LogP contribution in [0, 0.1) is 10.1 Å². The van der Waals surface area contributed by atoms with Gasteiger partial charge in [-0.2, -0.15) is 8.42 Å². The molecule has 2 atom stereocenters. The van der Waals surface area contributed by atoms with Gasteiger partial charge >= 0.3 is 0 Å². The molecule has 112 valence electrons. The van der Waals surface area contributed by atoms with E-state index >= 15 is 0 Å². The number of hydrogen-bond acceptors (Lipinski definition) is 5. The van der Waals surface area contributed by atoms with Gasteiger partial charge in [0.25, 0.3) is 15.8 Å². The van der Waals surface area contributed by atoms with Gasteiger partial charge in [0, 0.05) is 17.0 Å². The van der Waals surface area contributed by atoms with Crippen LogP contribution in [0.2, 0.25) is 0 Å². The summed E-state index contributed by atoms with van der Waals surface area (Å²) in [5, 5.41) is 14.1. The number of non-ortho nitro benzene ring substituents is 1. The lowest BCUT2D eigenvalue weighted by Gasteiger charge is -2.30. The Bertz CT molecular complexity index is 711. The molecule has 0 aliphatic heterocycles. The van der Waals surface area contributed by atoms with Crippen LogP contribution in [0.15, 0.2) is 29.4 Å². The lowest BCUT2D eigenvalue weighted by Crippen LogP contribution is -2.41. The van der Waals surface area contributed by atoms with Gasteiger partial charge in [0.05, 0.1) is 11.0 Å². The van der Waals surface area contributed by atoms with Gasteiger partial charge in [0.2, 0.25) is 0 Å². The van der Waals surface area contributed by atoms with Crippen LogP contribution in [0.5, 0.6) is 0 Å². The topological polar surface area (TPSA) is 146 Å². The smallest absolute Gasteiger partial charge is 0.275 e. The number of benzene rings is 1. The van der Waals surface area contributed by atoms with Gasteiger partial charge in [0.1, 0.15) is 4.75 Å². The SMILES string of the molecule is [N-]=[N+]=NC1CCCC1(c1ccc([N+](=O)[O-])cc1)S(=O)(=O)O. The summed E-state index contributed by atoms with van der Waals surface area (Å²) in [5.74, 6) is 0. The first-order valence-electron chi connectivity index (χ1n) is 6.09. The zero-order chi connectivity index (χ0) is 15.7. The molecule has 10 heteroatoms. The van der Waals surface area contributed by atoms with E-state index in [2.05, 4.69) is 10.0 Å². The van der Waals surface area contributed by atoms with E-state index in [4.69, 9.17) is 5.53 Å². The Balaban J connectivity index is 2.61. The van der Waals surface area contributed by atoms with Crippen molar-refractivity contribution in [3.05, 3.63) is 50.4 Å². The molecule has 2 rings (SSSR count). The second kappa shape index (κ2) is 5.32. The molecule has 1 aliphatic rings. The third-order valence-corrected chi connectivity index (χ3v) is 5.41. The molecule has 0 radical (unpaired) electrons. The predicted octanol–water partition coefficient (Wildman–Crippen LogP) is 2.54. The average molecular weight is 312 g/mol. The molecule has 21 heavy (non-hydrogen) atoms. The molecule has 2 unspecified atom stereocenters. The van der Waals surface area contributed by atoms with Gasteiger partial charge in [0.15, 0.2) is 0 Å². The molecule has 0 heterocycles. The summed E-state index contributed by atoms with van der Waals surface area (Å²) in [6, 6.07) is 3.93. The Morgan fingerprint density at radius 1 is 1.43 bits per heavy atom. The molecule has 1 saturated carbocycles. The molecular formula is C11H12N4O5S. The van der Waals surface area contributed by atoms with Crippen molar-refractivity contribution in [2.24, 2.45) is 5.11 Å². The summed E-state index contributed by atoms with van der Waals surface area (Å²) >= 11 is 0. The van der Waals surface area contributed by atoms with Crippen molar-refractivity contribution in [2.75, 3.05) is 0 Å². The first-order valence-corrected chi connectivity index (χ1v) is 7.53. The highest BCUT2D eigenvalue weighted by Crippen LogP contribution is 2.47. The first-order chi connectivity index (χ1) is 9.83. The normalized spacial score (nSPS) is 25.3. The van der Waals surface area contributed by atoms with Crippen molar-refractivity contribution in [1.82, 2.24) is 0 Å². The van der Waals surface area contributed by atoms with Gasteiger partial charge < -0.3 is 0 Å². The maximum atomic E-state index is 11.9. The van der Waals surface area contributed by atoms with Crippen LogP contribution in [0.25, 0.3) is 10.4 Å². The Morgan fingerprint density at radius 2 is 2.05 bits per heavy atom. The van der Waals surface area contributed by atoms with Crippen LogP contribution in [0.1, 0.15) is 24.8 Å². The minimum absolute atomic E-state index is 0.0906. The largest absolute Gasteiger partial charge is 0.285 e. The first kappa shape index (κ1) is 15.2. The molecule has 0 aromatic heterocycles. The zero-order valence-electron chi connectivity index (χ0n) is 10.8. The Morgan fingerprint density at radius 3 is 2.52 bits per heavy atom. The summed E-state index contributed by atoms with van der Waals surface area (Å²) in [5.41, 5.74) is 8.57. The maximum absolute atomic E-state index is 11.9. The highest BCUT2D eigenvalue weighted by Gasteiger charge is 2.53. The van der Waals surface area contributed by atoms with Crippen molar-refractivity contribution in [3.8, 4) is 0 Å². The van der Waals surface area contributed by atoms with E-state index in [1.54, 1.807) is 0 Å². The fourth-order valence-electron chi connectivity index (χ4n) is 2.82. The minimum atomic E-state index is -4.56. The molecule has 1 aromatic rings. The summed E-state index contributed by atoms with van der Waals surface area (Å²) in [6.07, 6.45) is 0.870. The molecule has 1 fully saturated rings. The number of nitrogens with zero attached hydrogens (tertiary/aromatic N) is 4. The van der Waals surface area contributed by atoms with Crippen molar-refractivity contribution in [2.45, 2.75) is 30.1 Å². The molecular weight excluding hydrogens is 300 g/mol. The Labute approximate surface area is 120 Å². The summed E-state index contributed by atoms with van der Waals surface area (Å²) in [6.45, 7) is 0. The van der Waals surface area contributed by atoms with Crippen LogP contribution < -0.4 is 0 Å². The molecule has 9 nitrogen and oxygen atoms in total. The Hall–Kier alpha value is -2.16. The van der Waals surface area contributed by atoms with E-state index < -0.39 is 25.8 Å². The van der Waals surface area contributed by atoms with Crippen LogP contribution in [-0.4, -0.2) is 23.9 Å². The zero-order valence-corrected chi connectivity index (χ0v) is 11.6. The van der Waals surface area contributed by atoms with Crippen molar-refractivity contribution in [1.29, 1.82) is 0 Å². The monoisotopic (exact) mass is 312 g/mol. The van der Waals surface area contributed by atoms with E-state index in [9.17, 15) is 23.1 Å². The fraction of sp³-hybridized carbons (Fsp3) is 0.455. The standard InChI is InChI=1S/C11H12N4O5S/c12-14-13-10-2-1-7-11(10,21(18,19)20)8-3-5-9(6-4-8)15(16)17/h3-6,10H,1-2,7H2,(H,18,19,20). The average Bonchev–Trinajstić information content (AvgIpc) is 2.84. The highest BCUT2D eigenvalue weighted by molar-refractivity contribution is 7.86. The fourth-order valence-corrected chi connectivity index (χ4v) is 4.17. The highest BCUT2D eigenvalue weighted by atomic mass is 32.2. The van der Waals surface area contributed by atoms with E-state index in [1.165, 1.54) is 12.1 Å². The number of nitro benzene ring substituents is 1. The number of azide groups is 1. The molecule has 1 aromatic carbocycles. The predicted molar refractivity (Wildman–Crippen MR) is 73.1 cm³/mol. The van der Waals surface area contributed by atoms with Gasteiger partial charge in [-0.25, -0.2) is 0 Å². The molecule has 0 amide bonds. The van der Waals surface area contributed by atoms with E-state index in [0.29, 0.717) is 12.8 Å². The molecule has 0 saturated heterocycles. The molecule has 0 spiro atoms. The lowest BCUT2D eigenvalue weighted by atomic mass is 9.93. The van der Waals surface area contributed by atoms with Crippen molar-refractivity contribution >= 4 is 15.8 Å². The second-order valence-corrected chi connectivity index (χ2v) is 6.46. The van der Waals surface area contributed by atoms with Gasteiger partial charge in [-0.05, 0) is 23.9 Å². The third-order valence-electron chi connectivity index (χ3n) is 3.78. The van der Waals surface area contributed by atoms with Gasteiger partial charge in [-0.1, -0.05) is 23.7 Å². The third kappa shape index (κ3) is 2.44. The van der Waals surface area contributed by atoms with Crippen molar-refractivity contribution < 1.29 is 17.9 Å². The maximum Gasteiger partial charge on any atom is 0.275 e. The van der Waals surface area contributed by atoms with Crippen LogP contribution >= 0.6 is 0 Å². The quantitative estimate of drug-likeness (QED) is 0.226. The molecule has 1 N–H and O–H groups in total. The van der Waals surface area contributed by atoms with Gasteiger partial charge in [-0.15, -0.1) is 0 Å². The van der Waals surface area contributed by atoms with Crippen LogP contribution in [-0.2, 0) is 14.9 Å². The number of rotatable bonds is 4. The minimum Gasteiger partial charge on any atom is -0.285 e. The summed E-state index contributed by atoms with van der Waals surface area (Å²) < 4.78 is 31.7. The summed E-state index contributed by atoms with van der Waals surface area (Å²) in [7, 11) is -4.56. The molecule has 1 aliphatic carbocycles. The van der Waals surface area contributed by atoms with E-state index in [1.807, 2.05) is 0 Å². The van der Waals surface area contributed by atoms with Crippen LogP contribution in [0.3, 0.4) is 0 Å². The number of hydrogen-bond donors (Lipinski definition) is 1.